The Labute approximate surface area is 167 Å². The molecule has 2 unspecified atom stereocenters. The number of allylic oxidation sites excluding steroid dienone is 2. The van der Waals surface area contributed by atoms with Crippen molar-refractivity contribution in [3.05, 3.63) is 65.2 Å². The van der Waals surface area contributed by atoms with Gasteiger partial charge in [-0.05, 0) is 48.7 Å². The topological polar surface area (TPSA) is 63.6 Å². The summed E-state index contributed by atoms with van der Waals surface area (Å²) >= 11 is 6.18. The number of carboxylic acid groups (broad SMARTS) is 1. The number of carbonyl (C=O) groups is 2. The normalized spacial score (nSPS) is 19.4. The second-order valence-corrected chi connectivity index (χ2v) is 7.69. The summed E-state index contributed by atoms with van der Waals surface area (Å²) in [6.07, 6.45) is 2.64. The largest absolute Gasteiger partial charge is 0.481 e. The third-order valence-corrected chi connectivity index (χ3v) is 5.58. The Balaban J connectivity index is 1.80. The molecule has 0 saturated heterocycles. The van der Waals surface area contributed by atoms with Gasteiger partial charge in [0, 0.05) is 15.8 Å². The third-order valence-electron chi connectivity index (χ3n) is 5.35. The summed E-state index contributed by atoms with van der Waals surface area (Å²) in [7, 11) is 0. The van der Waals surface area contributed by atoms with E-state index in [2.05, 4.69) is 0 Å². The predicted molar refractivity (Wildman–Crippen MR) is 110 cm³/mol. The van der Waals surface area contributed by atoms with E-state index in [1.807, 2.05) is 49.4 Å². The molecule has 0 radical (unpaired) electrons. The quantitative estimate of drug-likeness (QED) is 0.271. The molecule has 0 aliphatic heterocycles. The zero-order chi connectivity index (χ0) is 19.8. The van der Waals surface area contributed by atoms with Crippen LogP contribution in [0, 0.1) is 11.8 Å². The van der Waals surface area contributed by atoms with Gasteiger partial charge in [0.1, 0.15) is 5.75 Å². The van der Waals surface area contributed by atoms with Gasteiger partial charge in [0.05, 0.1) is 11.8 Å². The van der Waals surface area contributed by atoms with E-state index in [-0.39, 0.29) is 0 Å². The van der Waals surface area contributed by atoms with Crippen LogP contribution in [0.3, 0.4) is 0 Å². The van der Waals surface area contributed by atoms with Crippen molar-refractivity contribution < 1.29 is 19.4 Å². The van der Waals surface area contributed by atoms with E-state index in [1.165, 1.54) is 0 Å². The van der Waals surface area contributed by atoms with E-state index in [1.54, 1.807) is 12.1 Å². The van der Waals surface area contributed by atoms with Crippen LogP contribution in [0.1, 0.15) is 19.8 Å². The first-order valence-corrected chi connectivity index (χ1v) is 9.53. The number of fused-ring (bicyclic) bond motifs is 2. The van der Waals surface area contributed by atoms with E-state index < -0.39 is 23.8 Å². The van der Waals surface area contributed by atoms with Gasteiger partial charge >= 0.3 is 11.9 Å². The molecule has 4 rings (SSSR count). The van der Waals surface area contributed by atoms with Gasteiger partial charge in [0.15, 0.2) is 0 Å². The lowest BCUT2D eigenvalue weighted by Crippen LogP contribution is -2.34. The van der Waals surface area contributed by atoms with Crippen LogP contribution in [-0.4, -0.2) is 17.0 Å². The molecular weight excluding hydrogens is 376 g/mol. The minimum atomic E-state index is -0.972. The number of halogens is 1. The molecule has 0 saturated carbocycles. The Kier molecular flexibility index (Phi) is 4.82. The number of hydrogen-bond donors (Lipinski definition) is 1. The van der Waals surface area contributed by atoms with E-state index in [9.17, 15) is 14.7 Å². The Morgan fingerprint density at radius 3 is 2.57 bits per heavy atom. The van der Waals surface area contributed by atoms with Crippen LogP contribution >= 0.6 is 11.6 Å². The Morgan fingerprint density at radius 2 is 1.79 bits per heavy atom. The van der Waals surface area contributed by atoms with Gasteiger partial charge in [0.2, 0.25) is 0 Å². The lowest BCUT2D eigenvalue weighted by molar-refractivity contribution is -0.152. The molecule has 142 valence electrons. The minimum Gasteiger partial charge on any atom is -0.481 e. The predicted octanol–water partition coefficient (Wildman–Crippen LogP) is 5.61. The van der Waals surface area contributed by atoms with Gasteiger partial charge in [-0.25, -0.2) is 0 Å². The Hall–Kier alpha value is -2.85. The van der Waals surface area contributed by atoms with E-state index >= 15 is 0 Å². The first-order chi connectivity index (χ1) is 13.4. The van der Waals surface area contributed by atoms with Gasteiger partial charge in [-0.3, -0.25) is 9.59 Å². The van der Waals surface area contributed by atoms with Crippen LogP contribution < -0.4 is 4.74 Å². The average Bonchev–Trinajstić information content (AvgIpc) is 2.68. The summed E-state index contributed by atoms with van der Waals surface area (Å²) in [6, 6.07) is 15.1. The highest BCUT2D eigenvalue weighted by molar-refractivity contribution is 6.31. The fraction of sp³-hybridized carbons (Fsp3) is 0.217. The van der Waals surface area contributed by atoms with Crippen molar-refractivity contribution in [2.24, 2.45) is 11.8 Å². The van der Waals surface area contributed by atoms with Gasteiger partial charge in [-0.15, -0.1) is 0 Å². The molecule has 0 spiro atoms. The second-order valence-electron chi connectivity index (χ2n) is 7.25. The molecule has 1 N–H and O–H groups in total. The third kappa shape index (κ3) is 3.36. The first kappa shape index (κ1) is 18.5. The maximum Gasteiger partial charge on any atom is 0.315 e. The van der Waals surface area contributed by atoms with Gasteiger partial charge in [-0.1, -0.05) is 53.6 Å². The van der Waals surface area contributed by atoms with Crippen LogP contribution in [0.2, 0.25) is 5.02 Å². The number of hydrogen-bond acceptors (Lipinski definition) is 3. The molecule has 2 atom stereocenters. The standard InChI is InChI=1S/C23H19ClO4/c1-13-6-9-18(20(10-13)22(25)26)23(27)28-21-17-5-3-2-4-14(17)11-15-7-8-16(24)12-19(15)21/h2-8,11-12,18,20H,9-10H2,1H3,(H,25,26). The van der Waals surface area contributed by atoms with Crippen LogP contribution in [0.5, 0.6) is 5.75 Å². The molecule has 3 aromatic rings. The smallest absolute Gasteiger partial charge is 0.315 e. The number of benzene rings is 3. The summed E-state index contributed by atoms with van der Waals surface area (Å²) in [4.78, 5) is 24.7. The molecular formula is C23H19ClO4. The molecule has 0 fully saturated rings. The zero-order valence-electron chi connectivity index (χ0n) is 15.3. The van der Waals surface area contributed by atoms with Crippen LogP contribution in [0.4, 0.5) is 0 Å². The summed E-state index contributed by atoms with van der Waals surface area (Å²) < 4.78 is 5.86. The van der Waals surface area contributed by atoms with Gasteiger partial charge in [-0.2, -0.15) is 0 Å². The van der Waals surface area contributed by atoms with E-state index in [0.717, 1.165) is 27.1 Å². The molecule has 0 amide bonds. The highest BCUT2D eigenvalue weighted by atomic mass is 35.5. The summed E-state index contributed by atoms with van der Waals surface area (Å²) in [5.74, 6) is -2.55. The molecule has 1 aliphatic carbocycles. The average molecular weight is 395 g/mol. The maximum atomic E-state index is 13.0. The van der Waals surface area contributed by atoms with Crippen molar-refractivity contribution in [2.45, 2.75) is 19.8 Å². The van der Waals surface area contributed by atoms with Crippen molar-refractivity contribution in [3.8, 4) is 5.75 Å². The van der Waals surface area contributed by atoms with Gasteiger partial charge < -0.3 is 9.84 Å². The number of carbonyl (C=O) groups excluding carboxylic acids is 1. The summed E-state index contributed by atoms with van der Waals surface area (Å²) in [5.41, 5.74) is 0.985. The number of esters is 1. The molecule has 1 aliphatic rings. The molecule has 4 nitrogen and oxygen atoms in total. The minimum absolute atomic E-state index is 0.358. The van der Waals surface area contributed by atoms with Crippen LogP contribution in [0.25, 0.3) is 21.5 Å². The monoisotopic (exact) mass is 394 g/mol. The summed E-state index contributed by atoms with van der Waals surface area (Å²) in [6.45, 7) is 1.89. The van der Waals surface area contributed by atoms with E-state index in [4.69, 9.17) is 16.3 Å². The fourth-order valence-corrected chi connectivity index (χ4v) is 4.04. The summed E-state index contributed by atoms with van der Waals surface area (Å²) in [5, 5.41) is 13.5. The second kappa shape index (κ2) is 7.28. The first-order valence-electron chi connectivity index (χ1n) is 9.15. The Morgan fingerprint density at radius 1 is 1.04 bits per heavy atom. The highest BCUT2D eigenvalue weighted by Gasteiger charge is 2.37. The van der Waals surface area contributed by atoms with Crippen molar-refractivity contribution in [1.82, 2.24) is 0 Å². The highest BCUT2D eigenvalue weighted by Crippen LogP contribution is 2.38. The number of carboxylic acids is 1. The van der Waals surface area contributed by atoms with Crippen LogP contribution in [0.15, 0.2) is 60.2 Å². The molecule has 5 heteroatoms. The molecule has 0 heterocycles. The Bertz CT molecular complexity index is 1130. The molecule has 28 heavy (non-hydrogen) atoms. The van der Waals surface area contributed by atoms with Crippen molar-refractivity contribution >= 4 is 45.1 Å². The molecule has 3 aromatic carbocycles. The van der Waals surface area contributed by atoms with Crippen molar-refractivity contribution in [3.63, 3.8) is 0 Å². The van der Waals surface area contributed by atoms with E-state index in [0.29, 0.717) is 23.6 Å². The fourth-order valence-electron chi connectivity index (χ4n) is 3.86. The zero-order valence-corrected chi connectivity index (χ0v) is 16.1. The van der Waals surface area contributed by atoms with Gasteiger partial charge in [0.25, 0.3) is 0 Å². The molecule has 0 aromatic heterocycles. The number of aliphatic carboxylic acids is 1. The maximum absolute atomic E-state index is 13.0. The van der Waals surface area contributed by atoms with Crippen molar-refractivity contribution in [1.29, 1.82) is 0 Å². The van der Waals surface area contributed by atoms with Crippen molar-refractivity contribution in [2.75, 3.05) is 0 Å². The van der Waals surface area contributed by atoms with Crippen LogP contribution in [-0.2, 0) is 9.59 Å². The SMILES string of the molecule is CC1=CCC(C(=O)Oc2c3ccccc3cc3ccc(Cl)cc23)C(C(=O)O)C1. The molecule has 0 bridgehead atoms. The lowest BCUT2D eigenvalue weighted by Gasteiger charge is -2.26. The number of ether oxygens (including phenoxy) is 1. The number of rotatable bonds is 3. The lowest BCUT2D eigenvalue weighted by atomic mass is 9.80.